The van der Waals surface area contributed by atoms with Gasteiger partial charge in [0.15, 0.2) is 0 Å². The number of esters is 2. The molecule has 0 spiro atoms. The van der Waals surface area contributed by atoms with Crippen molar-refractivity contribution in [2.45, 2.75) is 0 Å². The average molecular weight is 307 g/mol. The van der Waals surface area contributed by atoms with E-state index in [4.69, 9.17) is 4.74 Å². The van der Waals surface area contributed by atoms with Crippen LogP contribution in [0.4, 0.5) is 5.69 Å². The van der Waals surface area contributed by atoms with Gasteiger partial charge in [0.1, 0.15) is 13.2 Å². The van der Waals surface area contributed by atoms with Gasteiger partial charge in [-0.05, 0) is 18.2 Å². The second kappa shape index (κ2) is 6.35. The Balaban J connectivity index is 2.58. The first-order valence-electron chi connectivity index (χ1n) is 6.23. The van der Waals surface area contributed by atoms with E-state index in [1.807, 2.05) is 0 Å². The maximum absolute atomic E-state index is 11.9. The Labute approximate surface area is 125 Å². The largest absolute Gasteiger partial charge is 0.465 e. The molecule has 1 aromatic carbocycles. The van der Waals surface area contributed by atoms with Crippen LogP contribution in [0.15, 0.2) is 18.2 Å². The molecule has 116 valence electrons. The third-order valence-electron chi connectivity index (χ3n) is 3.01. The number of benzene rings is 1. The van der Waals surface area contributed by atoms with Gasteiger partial charge in [-0.15, -0.1) is 0 Å². The van der Waals surface area contributed by atoms with E-state index in [1.165, 1.54) is 32.4 Å². The van der Waals surface area contributed by atoms with Crippen LogP contribution < -0.4 is 4.90 Å². The highest BCUT2D eigenvalue weighted by atomic mass is 16.5. The molecule has 0 atom stereocenters. The van der Waals surface area contributed by atoms with Crippen molar-refractivity contribution < 1.29 is 33.4 Å². The molecule has 0 radical (unpaired) electrons. The molecule has 0 N–H and O–H groups in total. The fourth-order valence-electron chi connectivity index (χ4n) is 2.01. The zero-order valence-corrected chi connectivity index (χ0v) is 12.0. The first-order chi connectivity index (χ1) is 10.5. The summed E-state index contributed by atoms with van der Waals surface area (Å²) in [5, 5.41) is 0. The smallest absolute Gasteiger partial charge is 0.339 e. The summed E-state index contributed by atoms with van der Waals surface area (Å²) in [6, 6.07) is 3.87. The first kappa shape index (κ1) is 15.6. The van der Waals surface area contributed by atoms with E-state index in [1.54, 1.807) is 0 Å². The molecular weight excluding hydrogens is 294 g/mol. The number of morpholine rings is 1. The summed E-state index contributed by atoms with van der Waals surface area (Å²) in [6.07, 6.45) is 0. The van der Waals surface area contributed by atoms with Crippen LogP contribution in [0.3, 0.4) is 0 Å². The van der Waals surface area contributed by atoms with E-state index in [0.717, 1.165) is 4.90 Å². The number of hydrogen-bond donors (Lipinski definition) is 0. The number of anilines is 1. The first-order valence-corrected chi connectivity index (χ1v) is 6.23. The lowest BCUT2D eigenvalue weighted by molar-refractivity contribution is -0.138. The Morgan fingerprint density at radius 2 is 1.64 bits per heavy atom. The van der Waals surface area contributed by atoms with Gasteiger partial charge in [-0.3, -0.25) is 9.59 Å². The average Bonchev–Trinajstić information content (AvgIpc) is 2.53. The Hall–Kier alpha value is -2.74. The summed E-state index contributed by atoms with van der Waals surface area (Å²) in [5.41, 5.74) is 0.0454. The maximum Gasteiger partial charge on any atom is 0.339 e. The summed E-state index contributed by atoms with van der Waals surface area (Å²) in [6.45, 7) is -0.594. The van der Waals surface area contributed by atoms with Crippen LogP contribution >= 0.6 is 0 Å². The molecule has 1 fully saturated rings. The number of rotatable bonds is 3. The van der Waals surface area contributed by atoms with Crippen LogP contribution in [-0.2, 0) is 23.8 Å². The quantitative estimate of drug-likeness (QED) is 0.579. The van der Waals surface area contributed by atoms with Crippen molar-refractivity contribution in [3.8, 4) is 0 Å². The number of carbonyl (C=O) groups excluding carboxylic acids is 4. The second-order valence-corrected chi connectivity index (χ2v) is 4.33. The normalized spacial score (nSPS) is 14.7. The van der Waals surface area contributed by atoms with Gasteiger partial charge >= 0.3 is 11.9 Å². The lowest BCUT2D eigenvalue weighted by Crippen LogP contribution is -2.47. The van der Waals surface area contributed by atoms with Gasteiger partial charge < -0.3 is 14.2 Å². The fourth-order valence-corrected chi connectivity index (χ4v) is 2.01. The number of imide groups is 1. The standard InChI is InChI=1S/C14H13NO7/c1-20-13(18)8-3-4-9(14(19)21-2)10(5-8)15-11(16)6-22-7-12(15)17/h3-5H,6-7H2,1-2H3. The summed E-state index contributed by atoms with van der Waals surface area (Å²) in [4.78, 5) is 48.1. The van der Waals surface area contributed by atoms with E-state index in [9.17, 15) is 19.2 Å². The summed E-state index contributed by atoms with van der Waals surface area (Å²) in [7, 11) is 2.37. The van der Waals surface area contributed by atoms with Crippen molar-refractivity contribution >= 4 is 29.4 Å². The monoisotopic (exact) mass is 307 g/mol. The van der Waals surface area contributed by atoms with Crippen LogP contribution in [0.1, 0.15) is 20.7 Å². The second-order valence-electron chi connectivity index (χ2n) is 4.33. The van der Waals surface area contributed by atoms with Crippen LogP contribution in [0, 0.1) is 0 Å². The molecular formula is C14H13NO7. The molecule has 1 saturated heterocycles. The number of hydrogen-bond acceptors (Lipinski definition) is 7. The van der Waals surface area contributed by atoms with Crippen LogP contribution in [0.2, 0.25) is 0 Å². The van der Waals surface area contributed by atoms with E-state index in [0.29, 0.717) is 0 Å². The van der Waals surface area contributed by atoms with E-state index >= 15 is 0 Å². The number of methoxy groups -OCH3 is 2. The minimum Gasteiger partial charge on any atom is -0.465 e. The lowest BCUT2D eigenvalue weighted by Gasteiger charge is -2.26. The van der Waals surface area contributed by atoms with Crippen molar-refractivity contribution in [3.63, 3.8) is 0 Å². The van der Waals surface area contributed by atoms with E-state index < -0.39 is 23.8 Å². The van der Waals surface area contributed by atoms with Gasteiger partial charge in [-0.2, -0.15) is 0 Å². The fraction of sp³-hybridized carbons (Fsp3) is 0.286. The summed E-state index contributed by atoms with van der Waals surface area (Å²) < 4.78 is 14.0. The van der Waals surface area contributed by atoms with Gasteiger partial charge in [-0.1, -0.05) is 0 Å². The molecule has 2 amide bonds. The van der Waals surface area contributed by atoms with Crippen LogP contribution in [-0.4, -0.2) is 51.2 Å². The van der Waals surface area contributed by atoms with Gasteiger partial charge in [0.25, 0.3) is 11.8 Å². The highest BCUT2D eigenvalue weighted by Gasteiger charge is 2.32. The highest BCUT2D eigenvalue weighted by molar-refractivity contribution is 6.19. The Morgan fingerprint density at radius 1 is 1.05 bits per heavy atom. The Bertz CT molecular complexity index is 637. The summed E-state index contributed by atoms with van der Waals surface area (Å²) in [5.74, 6) is -2.67. The predicted molar refractivity (Wildman–Crippen MR) is 72.4 cm³/mol. The summed E-state index contributed by atoms with van der Waals surface area (Å²) >= 11 is 0. The zero-order valence-electron chi connectivity index (χ0n) is 12.0. The third kappa shape index (κ3) is 2.82. The number of carbonyl (C=O) groups is 4. The predicted octanol–water partition coefficient (Wildman–Crippen LogP) is 0.150. The van der Waals surface area contributed by atoms with Crippen molar-refractivity contribution in [2.24, 2.45) is 0 Å². The molecule has 2 rings (SSSR count). The lowest BCUT2D eigenvalue weighted by atomic mass is 10.1. The number of amides is 2. The van der Waals surface area contributed by atoms with E-state index in [-0.39, 0.29) is 30.0 Å². The van der Waals surface area contributed by atoms with Gasteiger partial charge in [0.05, 0.1) is 31.0 Å². The Morgan fingerprint density at radius 3 is 2.18 bits per heavy atom. The number of nitrogens with zero attached hydrogens (tertiary/aromatic N) is 1. The Kier molecular flexibility index (Phi) is 4.52. The molecule has 22 heavy (non-hydrogen) atoms. The molecule has 1 aliphatic rings. The van der Waals surface area contributed by atoms with Crippen molar-refractivity contribution in [3.05, 3.63) is 29.3 Å². The van der Waals surface area contributed by atoms with Gasteiger partial charge in [0.2, 0.25) is 0 Å². The molecule has 8 heteroatoms. The van der Waals surface area contributed by atoms with Crippen molar-refractivity contribution in [1.29, 1.82) is 0 Å². The van der Waals surface area contributed by atoms with Gasteiger partial charge in [0, 0.05) is 0 Å². The minimum atomic E-state index is -0.737. The minimum absolute atomic E-state index is 0.0150. The van der Waals surface area contributed by atoms with Crippen LogP contribution in [0.5, 0.6) is 0 Å². The molecule has 0 bridgehead atoms. The van der Waals surface area contributed by atoms with Gasteiger partial charge in [-0.25, -0.2) is 14.5 Å². The number of ether oxygens (including phenoxy) is 3. The molecule has 0 aromatic heterocycles. The van der Waals surface area contributed by atoms with Crippen molar-refractivity contribution in [1.82, 2.24) is 0 Å². The molecule has 0 aliphatic carbocycles. The third-order valence-corrected chi connectivity index (χ3v) is 3.01. The SMILES string of the molecule is COC(=O)c1ccc(C(=O)OC)c(N2C(=O)COCC2=O)c1. The molecule has 1 aliphatic heterocycles. The maximum atomic E-state index is 11.9. The molecule has 0 saturated carbocycles. The van der Waals surface area contributed by atoms with E-state index in [2.05, 4.69) is 9.47 Å². The molecule has 1 aromatic rings. The molecule has 8 nitrogen and oxygen atoms in total. The van der Waals surface area contributed by atoms with Crippen molar-refractivity contribution in [2.75, 3.05) is 32.3 Å². The molecule has 0 unspecified atom stereocenters. The highest BCUT2D eigenvalue weighted by Crippen LogP contribution is 2.25. The topological polar surface area (TPSA) is 99.2 Å². The molecule has 1 heterocycles. The van der Waals surface area contributed by atoms with Crippen LogP contribution in [0.25, 0.3) is 0 Å². The zero-order chi connectivity index (χ0) is 16.3.